The van der Waals surface area contributed by atoms with Gasteiger partial charge in [0, 0.05) is 5.69 Å². The number of nitrogens with one attached hydrogen (secondary N) is 1. The highest BCUT2D eigenvalue weighted by Crippen LogP contribution is 2.37. The van der Waals surface area contributed by atoms with Gasteiger partial charge in [0.2, 0.25) is 0 Å². The van der Waals surface area contributed by atoms with E-state index in [1.54, 1.807) is 6.07 Å². The molecule has 1 heterocycles. The number of benzene rings is 3. The van der Waals surface area contributed by atoms with Crippen LogP contribution in [-0.2, 0) is 6.42 Å². The molecule has 3 aromatic rings. The third kappa shape index (κ3) is 3.52. The molecule has 0 aromatic heterocycles. The Balaban J connectivity index is 1.51. The zero-order valence-corrected chi connectivity index (χ0v) is 13.8. The third-order valence-electron chi connectivity index (χ3n) is 4.48. The van der Waals surface area contributed by atoms with Crippen LogP contribution in [0.4, 0.5) is 18.9 Å². The number of alkyl halides is 3. The van der Waals surface area contributed by atoms with Gasteiger partial charge in [0.25, 0.3) is 0 Å². The Hall–Kier alpha value is -2.95. The van der Waals surface area contributed by atoms with Gasteiger partial charge in [0.1, 0.15) is 5.75 Å². The van der Waals surface area contributed by atoms with E-state index in [0.29, 0.717) is 6.42 Å². The van der Waals surface area contributed by atoms with Gasteiger partial charge < -0.3 is 10.1 Å². The van der Waals surface area contributed by atoms with Crippen molar-refractivity contribution in [2.24, 2.45) is 0 Å². The number of halogens is 3. The van der Waals surface area contributed by atoms with Crippen LogP contribution in [0.1, 0.15) is 17.2 Å². The molecule has 0 saturated carbocycles. The van der Waals surface area contributed by atoms with E-state index in [1.807, 2.05) is 18.2 Å². The first-order chi connectivity index (χ1) is 12.5. The molecule has 0 spiro atoms. The van der Waals surface area contributed by atoms with Gasteiger partial charge in [-0.05, 0) is 46.9 Å². The summed E-state index contributed by atoms with van der Waals surface area (Å²) in [5.74, 6) is -0.182. The predicted octanol–water partition coefficient (Wildman–Crippen LogP) is 5.96. The second-order valence-electron chi connectivity index (χ2n) is 6.26. The Morgan fingerprint density at radius 1 is 0.846 bits per heavy atom. The van der Waals surface area contributed by atoms with Gasteiger partial charge in [0.15, 0.2) is 0 Å². The van der Waals surface area contributed by atoms with Crippen LogP contribution in [0.3, 0.4) is 0 Å². The molecule has 1 atom stereocenters. The second-order valence-corrected chi connectivity index (χ2v) is 6.26. The number of hydrogen-bond donors (Lipinski definition) is 1. The summed E-state index contributed by atoms with van der Waals surface area (Å²) in [6.45, 7) is 0. The molecule has 0 saturated heterocycles. The molecule has 132 valence electrons. The fourth-order valence-electron chi connectivity index (χ4n) is 3.28. The Labute approximate surface area is 149 Å². The van der Waals surface area contributed by atoms with Crippen LogP contribution < -0.4 is 10.1 Å². The highest BCUT2D eigenvalue weighted by molar-refractivity contribution is 5.65. The van der Waals surface area contributed by atoms with Crippen molar-refractivity contribution in [2.45, 2.75) is 18.8 Å². The van der Waals surface area contributed by atoms with Gasteiger partial charge in [-0.2, -0.15) is 0 Å². The topological polar surface area (TPSA) is 21.3 Å². The SMILES string of the molecule is FC(F)(F)Oc1ccc2c(c1)CC(c1ccc(-c3ccccc3)cc1)N2. The maximum Gasteiger partial charge on any atom is 0.573 e. The molecule has 0 amide bonds. The quantitative estimate of drug-likeness (QED) is 0.626. The average Bonchev–Trinajstić information content (AvgIpc) is 3.04. The van der Waals surface area contributed by atoms with Gasteiger partial charge >= 0.3 is 6.36 Å². The molecule has 1 N–H and O–H groups in total. The van der Waals surface area contributed by atoms with Gasteiger partial charge in [-0.3, -0.25) is 0 Å². The summed E-state index contributed by atoms with van der Waals surface area (Å²) < 4.78 is 41.1. The summed E-state index contributed by atoms with van der Waals surface area (Å²) >= 11 is 0. The minimum atomic E-state index is -4.67. The van der Waals surface area contributed by atoms with Crippen molar-refractivity contribution in [3.8, 4) is 16.9 Å². The normalized spacial score (nSPS) is 16.0. The van der Waals surface area contributed by atoms with E-state index in [2.05, 4.69) is 46.5 Å². The molecule has 1 aliphatic heterocycles. The minimum Gasteiger partial charge on any atom is -0.406 e. The molecule has 3 aromatic carbocycles. The number of rotatable bonds is 3. The van der Waals surface area contributed by atoms with E-state index in [9.17, 15) is 13.2 Å². The van der Waals surface area contributed by atoms with Gasteiger partial charge in [-0.15, -0.1) is 13.2 Å². The Bertz CT molecular complexity index is 905. The van der Waals surface area contributed by atoms with Gasteiger partial charge in [-0.25, -0.2) is 0 Å². The molecule has 0 radical (unpaired) electrons. The van der Waals surface area contributed by atoms with Crippen molar-refractivity contribution in [1.82, 2.24) is 0 Å². The first-order valence-corrected chi connectivity index (χ1v) is 8.28. The first-order valence-electron chi connectivity index (χ1n) is 8.28. The Kier molecular flexibility index (Phi) is 4.07. The predicted molar refractivity (Wildman–Crippen MR) is 95.1 cm³/mol. The Morgan fingerprint density at radius 3 is 2.23 bits per heavy atom. The molecule has 0 fully saturated rings. The molecule has 1 unspecified atom stereocenters. The molecule has 0 aliphatic carbocycles. The van der Waals surface area contributed by atoms with E-state index in [1.165, 1.54) is 12.1 Å². The van der Waals surface area contributed by atoms with Crippen molar-refractivity contribution < 1.29 is 17.9 Å². The lowest BCUT2D eigenvalue weighted by Gasteiger charge is -2.12. The lowest BCUT2D eigenvalue weighted by atomic mass is 9.99. The van der Waals surface area contributed by atoms with Crippen LogP contribution in [0.25, 0.3) is 11.1 Å². The van der Waals surface area contributed by atoms with Crippen LogP contribution in [0, 0.1) is 0 Å². The molecule has 1 aliphatic rings. The lowest BCUT2D eigenvalue weighted by molar-refractivity contribution is -0.274. The maximum absolute atomic E-state index is 12.4. The fraction of sp³-hybridized carbons (Fsp3) is 0.143. The number of anilines is 1. The van der Waals surface area contributed by atoms with Gasteiger partial charge in [-0.1, -0.05) is 54.6 Å². The van der Waals surface area contributed by atoms with Crippen molar-refractivity contribution in [3.63, 3.8) is 0 Å². The fourth-order valence-corrected chi connectivity index (χ4v) is 3.28. The first kappa shape index (κ1) is 16.5. The molecular formula is C21H16F3NO. The highest BCUT2D eigenvalue weighted by Gasteiger charge is 2.32. The zero-order valence-electron chi connectivity index (χ0n) is 13.8. The van der Waals surface area contributed by atoms with E-state index >= 15 is 0 Å². The molecule has 4 rings (SSSR count). The molecule has 26 heavy (non-hydrogen) atoms. The minimum absolute atomic E-state index is 0.0379. The van der Waals surface area contributed by atoms with Crippen LogP contribution >= 0.6 is 0 Å². The summed E-state index contributed by atoms with van der Waals surface area (Å²) in [7, 11) is 0. The van der Waals surface area contributed by atoms with Crippen molar-refractivity contribution >= 4 is 5.69 Å². The summed E-state index contributed by atoms with van der Waals surface area (Å²) in [5, 5.41) is 3.36. The summed E-state index contributed by atoms with van der Waals surface area (Å²) in [6.07, 6.45) is -4.05. The molecule has 2 nitrogen and oxygen atoms in total. The summed E-state index contributed by atoms with van der Waals surface area (Å²) in [6, 6.07) is 22.8. The number of hydrogen-bond acceptors (Lipinski definition) is 2. The van der Waals surface area contributed by atoms with Crippen LogP contribution in [0.2, 0.25) is 0 Å². The number of fused-ring (bicyclic) bond motifs is 1. The van der Waals surface area contributed by atoms with Crippen LogP contribution in [-0.4, -0.2) is 6.36 Å². The number of ether oxygens (including phenoxy) is 1. The average molecular weight is 355 g/mol. The monoisotopic (exact) mass is 355 g/mol. The summed E-state index contributed by atoms with van der Waals surface area (Å²) in [5.41, 5.74) is 5.04. The molecule has 0 bridgehead atoms. The van der Waals surface area contributed by atoms with E-state index < -0.39 is 6.36 Å². The van der Waals surface area contributed by atoms with Crippen LogP contribution in [0.15, 0.2) is 72.8 Å². The van der Waals surface area contributed by atoms with E-state index in [-0.39, 0.29) is 11.8 Å². The smallest absolute Gasteiger partial charge is 0.406 e. The molecular weight excluding hydrogens is 339 g/mol. The third-order valence-corrected chi connectivity index (χ3v) is 4.48. The standard InChI is InChI=1S/C21H16F3NO/c22-21(23,24)26-18-10-11-19-17(12-18)13-20(25-19)16-8-6-15(7-9-16)14-4-2-1-3-5-14/h1-12,20,25H,13H2. The Morgan fingerprint density at radius 2 is 1.54 bits per heavy atom. The van der Waals surface area contributed by atoms with Gasteiger partial charge in [0.05, 0.1) is 6.04 Å². The van der Waals surface area contributed by atoms with E-state index in [0.717, 1.165) is 27.9 Å². The zero-order chi connectivity index (χ0) is 18.1. The molecule has 5 heteroatoms. The van der Waals surface area contributed by atoms with Crippen molar-refractivity contribution in [1.29, 1.82) is 0 Å². The van der Waals surface area contributed by atoms with Crippen LogP contribution in [0.5, 0.6) is 5.75 Å². The summed E-state index contributed by atoms with van der Waals surface area (Å²) in [4.78, 5) is 0. The van der Waals surface area contributed by atoms with Crippen molar-refractivity contribution in [2.75, 3.05) is 5.32 Å². The van der Waals surface area contributed by atoms with Crippen molar-refractivity contribution in [3.05, 3.63) is 83.9 Å². The maximum atomic E-state index is 12.4. The largest absolute Gasteiger partial charge is 0.573 e. The second kappa shape index (κ2) is 6.41. The lowest BCUT2D eigenvalue weighted by Crippen LogP contribution is -2.17. The van der Waals surface area contributed by atoms with E-state index in [4.69, 9.17) is 0 Å². The highest BCUT2D eigenvalue weighted by atomic mass is 19.4.